The Morgan fingerprint density at radius 1 is 1.43 bits per heavy atom. The van der Waals surface area contributed by atoms with Crippen molar-refractivity contribution in [3.05, 3.63) is 12.3 Å². The Balaban J connectivity index is -0.000000177. The van der Waals surface area contributed by atoms with Gasteiger partial charge in [-0.05, 0) is 20.8 Å². The number of amides is 1. The van der Waals surface area contributed by atoms with Crippen molar-refractivity contribution in [2.75, 3.05) is 0 Å². The molecular weight excluding hydrogens is 265 g/mol. The van der Waals surface area contributed by atoms with E-state index in [2.05, 4.69) is 10.5 Å². The van der Waals surface area contributed by atoms with E-state index in [1.807, 2.05) is 0 Å². The van der Waals surface area contributed by atoms with Crippen molar-refractivity contribution in [1.29, 1.82) is 0 Å². The van der Waals surface area contributed by atoms with Gasteiger partial charge in [0.05, 0.1) is 0 Å². The van der Waals surface area contributed by atoms with E-state index in [1.165, 1.54) is 0 Å². The summed E-state index contributed by atoms with van der Waals surface area (Å²) in [4.78, 5) is 19.1. The van der Waals surface area contributed by atoms with Crippen LogP contribution in [-0.2, 0) is 42.2 Å². The Kier molecular flexibility index (Phi) is 12.7. The molecule has 7 heteroatoms. The molecule has 0 aromatic rings. The molecule has 0 saturated carbocycles. The van der Waals surface area contributed by atoms with E-state index in [-0.39, 0.29) is 32.7 Å². The Labute approximate surface area is 108 Å². The Hall–Kier alpha value is -0.326. The first-order valence-electron chi connectivity index (χ1n) is 3.41. The minimum Gasteiger partial charge on any atom is -0.632 e. The van der Waals surface area contributed by atoms with Crippen LogP contribution >= 0.6 is 0 Å². The molecule has 0 bridgehead atoms. The maximum Gasteiger partial charge on any atom is 0.227 e. The molecule has 0 fully saturated rings. The maximum absolute atomic E-state index is 9.90. The van der Waals surface area contributed by atoms with Crippen molar-refractivity contribution in [3.63, 3.8) is 0 Å². The molecule has 0 aliphatic carbocycles. The average Bonchev–Trinajstić information content (AvgIpc) is 1.83. The number of carboxylic acids is 1. The summed E-state index contributed by atoms with van der Waals surface area (Å²) in [6, 6.07) is 0. The zero-order valence-corrected chi connectivity index (χ0v) is 11.2. The summed E-state index contributed by atoms with van der Waals surface area (Å²) < 4.78 is 4.47. The fraction of sp³-hybridized carbons (Fsp3) is 0.571. The van der Waals surface area contributed by atoms with Crippen LogP contribution in [0.15, 0.2) is 0 Å². The molecular formula is C7H14N2O4Y-2. The third kappa shape index (κ3) is 29.9. The third-order valence-corrected chi connectivity index (χ3v) is 0.541. The van der Waals surface area contributed by atoms with E-state index < -0.39 is 17.7 Å². The average molecular weight is 279 g/mol. The van der Waals surface area contributed by atoms with Gasteiger partial charge in [-0.15, -0.1) is 0 Å². The fourth-order valence-corrected chi connectivity index (χ4v) is 0.278. The fourth-order valence-electron chi connectivity index (χ4n) is 0.278. The number of nitrogens with one attached hydrogen (secondary N) is 1. The van der Waals surface area contributed by atoms with Gasteiger partial charge in [-0.1, -0.05) is 0 Å². The second-order valence-electron chi connectivity index (χ2n) is 3.01. The van der Waals surface area contributed by atoms with Crippen LogP contribution in [-0.4, -0.2) is 22.8 Å². The van der Waals surface area contributed by atoms with Gasteiger partial charge in [-0.3, -0.25) is 9.59 Å². The zero-order chi connectivity index (χ0) is 11.1. The molecule has 4 N–H and O–H groups in total. The van der Waals surface area contributed by atoms with Gasteiger partial charge >= 0.3 is 0 Å². The molecule has 0 unspecified atom stereocenters. The van der Waals surface area contributed by atoms with Gasteiger partial charge in [0.15, 0.2) is 5.97 Å². The van der Waals surface area contributed by atoms with Crippen LogP contribution in [0.2, 0.25) is 0 Å². The number of aliphatic carboxylic acids is 1. The van der Waals surface area contributed by atoms with E-state index in [0.29, 0.717) is 6.54 Å². The minimum absolute atomic E-state index is 0. The number of nitrogens with two attached hydrogens (primary N) is 1. The number of hydrogen-bond donors (Lipinski definition) is 2. The first kappa shape index (κ1) is 19.3. The zero-order valence-electron chi connectivity index (χ0n) is 8.40. The van der Waals surface area contributed by atoms with Crippen molar-refractivity contribution in [2.45, 2.75) is 26.4 Å². The number of carbonyl (C=O) groups excluding carboxylic acids is 1. The van der Waals surface area contributed by atoms with Crippen molar-refractivity contribution >= 4 is 12.1 Å². The van der Waals surface area contributed by atoms with Gasteiger partial charge in [-0.25, -0.2) is 6.54 Å². The molecule has 6 nitrogen and oxygen atoms in total. The second-order valence-corrected chi connectivity index (χ2v) is 3.01. The summed E-state index contributed by atoms with van der Waals surface area (Å²) in [5.74, 6) is -1.09. The third-order valence-electron chi connectivity index (χ3n) is 0.541. The van der Waals surface area contributed by atoms with Gasteiger partial charge in [0.25, 0.3) is 0 Å². The Bertz CT molecular complexity index is 179. The summed E-state index contributed by atoms with van der Waals surface area (Å²) in [5.41, 5.74) is 10.3. The number of hydrogen-bond acceptors (Lipinski definition) is 4. The molecule has 0 saturated heterocycles. The number of rotatable bonds is 1. The predicted octanol–water partition coefficient (Wildman–Crippen LogP) is 1.16. The quantitative estimate of drug-likeness (QED) is 0.699. The number of carboxylic acid groups (broad SMARTS) is 1. The van der Waals surface area contributed by atoms with Crippen LogP contribution in [0.5, 0.6) is 0 Å². The molecule has 0 atom stereocenters. The van der Waals surface area contributed by atoms with Gasteiger partial charge in [0, 0.05) is 32.7 Å². The molecule has 0 heterocycles. The first-order chi connectivity index (χ1) is 5.69. The monoisotopic (exact) mass is 279 g/mol. The van der Waals surface area contributed by atoms with Crippen LogP contribution in [0.1, 0.15) is 20.8 Å². The van der Waals surface area contributed by atoms with E-state index in [0.717, 1.165) is 0 Å². The minimum atomic E-state index is -1.09. The maximum atomic E-state index is 9.90. The van der Waals surface area contributed by atoms with Gasteiger partial charge in [-0.2, -0.15) is 0 Å². The smallest absolute Gasteiger partial charge is 0.227 e. The van der Waals surface area contributed by atoms with Crippen LogP contribution in [0.3, 0.4) is 0 Å². The normalized spacial score (nSPS) is 8.57. The van der Waals surface area contributed by atoms with Crippen LogP contribution < -0.4 is 5.73 Å². The summed E-state index contributed by atoms with van der Waals surface area (Å²) in [6.07, 6.45) is -0.975. The number of ether oxygens (including phenoxy) is 1. The molecule has 0 rings (SSSR count). The molecule has 1 radical (unpaired) electrons. The van der Waals surface area contributed by atoms with E-state index in [1.54, 1.807) is 20.8 Å². The molecule has 14 heavy (non-hydrogen) atoms. The Morgan fingerprint density at radius 2 is 1.71 bits per heavy atom. The van der Waals surface area contributed by atoms with E-state index in [9.17, 15) is 9.59 Å². The number of carbonyl (C=O) groups is 2. The molecule has 0 aliphatic heterocycles. The molecule has 1 amide bonds. The Morgan fingerprint density at radius 3 is 1.71 bits per heavy atom. The van der Waals surface area contributed by atoms with Gasteiger partial charge < -0.3 is 21.3 Å². The van der Waals surface area contributed by atoms with E-state index >= 15 is 0 Å². The molecule has 81 valence electrons. The van der Waals surface area contributed by atoms with E-state index in [4.69, 9.17) is 10.8 Å². The van der Waals surface area contributed by atoms with Crippen molar-refractivity contribution in [1.82, 2.24) is 0 Å². The molecule has 0 aromatic carbocycles. The molecule has 0 spiro atoms. The largest absolute Gasteiger partial charge is 0.632 e. The molecule has 0 aromatic heterocycles. The topological polar surface area (TPSA) is 113 Å². The summed E-state index contributed by atoms with van der Waals surface area (Å²) >= 11 is 0. The second kappa shape index (κ2) is 9.24. The van der Waals surface area contributed by atoms with Gasteiger partial charge in [0.1, 0.15) is 5.60 Å². The van der Waals surface area contributed by atoms with Crippen molar-refractivity contribution in [2.24, 2.45) is 5.73 Å². The van der Waals surface area contributed by atoms with Crippen LogP contribution in [0, 0.1) is 6.54 Å². The summed E-state index contributed by atoms with van der Waals surface area (Å²) in [5, 5.41) is 7.54. The van der Waals surface area contributed by atoms with Crippen molar-refractivity contribution in [3.8, 4) is 0 Å². The summed E-state index contributed by atoms with van der Waals surface area (Å²) in [6.45, 7) is 5.75. The van der Waals surface area contributed by atoms with Crippen LogP contribution in [0.25, 0.3) is 5.73 Å². The predicted molar refractivity (Wildman–Crippen MR) is 46.7 cm³/mol. The standard InChI is InChI=1S/C5H11NO2.C2H4NO2.Y/c1-5(2,3)8-4(6)7;3-1-2(4)5;/h1-3H3,(H2,6,7);1H,3H2,(H,4,5);/q;-1;/p-1. The van der Waals surface area contributed by atoms with Crippen molar-refractivity contribution < 1.29 is 52.1 Å². The van der Waals surface area contributed by atoms with Gasteiger partial charge in [0.2, 0.25) is 6.09 Å². The SMILES string of the molecule is CC(C)(C)OC([NH-])=O.N[CH-]C(=O)O.[Y]. The summed E-state index contributed by atoms with van der Waals surface area (Å²) in [7, 11) is 0. The molecule has 0 aliphatic rings. The first-order valence-corrected chi connectivity index (χ1v) is 3.41. The van der Waals surface area contributed by atoms with Crippen LogP contribution in [0.4, 0.5) is 4.79 Å².